The molecule has 98 valence electrons. The fraction of sp³-hybridized carbons (Fsp3) is 0.333. The number of nitrogens with one attached hydrogen (secondary N) is 1. The Kier molecular flexibility index (Phi) is 5.44. The summed E-state index contributed by atoms with van der Waals surface area (Å²) in [7, 11) is 0. The third-order valence-corrected chi connectivity index (χ3v) is 2.63. The molecule has 0 aliphatic heterocycles. The minimum Gasteiger partial charge on any atom is -0.386 e. The molecule has 0 bridgehead atoms. The van der Waals surface area contributed by atoms with Crippen molar-refractivity contribution >= 4 is 40.6 Å². The maximum Gasteiger partial charge on any atom is 0.253 e. The number of carbonyl (C=O) groups excluding carboxylic acids is 1. The zero-order valence-electron chi connectivity index (χ0n) is 10.2. The van der Waals surface area contributed by atoms with Crippen molar-refractivity contribution in [1.82, 2.24) is 5.32 Å². The van der Waals surface area contributed by atoms with Crippen LogP contribution in [0.15, 0.2) is 23.2 Å². The second-order valence-electron chi connectivity index (χ2n) is 4.03. The molecule has 6 heteroatoms. The SMILES string of the molecule is CC(C)NC(=O)c1cc(N=C(N)CCl)ccc1Cl. The van der Waals surface area contributed by atoms with E-state index < -0.39 is 0 Å². The number of nitrogens with zero attached hydrogens (tertiary/aromatic N) is 1. The van der Waals surface area contributed by atoms with Crippen LogP contribution in [0.25, 0.3) is 0 Å². The zero-order valence-corrected chi connectivity index (χ0v) is 11.7. The van der Waals surface area contributed by atoms with Gasteiger partial charge in [-0.25, -0.2) is 4.99 Å². The molecule has 18 heavy (non-hydrogen) atoms. The van der Waals surface area contributed by atoms with Gasteiger partial charge in [-0.05, 0) is 32.0 Å². The van der Waals surface area contributed by atoms with Crippen LogP contribution in [0.5, 0.6) is 0 Å². The van der Waals surface area contributed by atoms with Crippen LogP contribution in [0.2, 0.25) is 5.02 Å². The number of benzene rings is 1. The summed E-state index contributed by atoms with van der Waals surface area (Å²) < 4.78 is 0. The predicted octanol–water partition coefficient (Wildman–Crippen LogP) is 2.71. The quantitative estimate of drug-likeness (QED) is 0.508. The van der Waals surface area contributed by atoms with Crippen molar-refractivity contribution in [2.75, 3.05) is 5.88 Å². The van der Waals surface area contributed by atoms with E-state index in [0.717, 1.165) is 0 Å². The number of alkyl halides is 1. The minimum atomic E-state index is -0.239. The van der Waals surface area contributed by atoms with E-state index in [9.17, 15) is 4.79 Å². The second kappa shape index (κ2) is 6.61. The Morgan fingerprint density at radius 3 is 2.72 bits per heavy atom. The molecule has 3 N–H and O–H groups in total. The Morgan fingerprint density at radius 1 is 1.50 bits per heavy atom. The zero-order chi connectivity index (χ0) is 13.7. The van der Waals surface area contributed by atoms with Crippen molar-refractivity contribution in [3.05, 3.63) is 28.8 Å². The van der Waals surface area contributed by atoms with Gasteiger partial charge >= 0.3 is 0 Å². The minimum absolute atomic E-state index is 0.0358. The Bertz CT molecular complexity index is 472. The average molecular weight is 288 g/mol. The van der Waals surface area contributed by atoms with E-state index in [1.807, 2.05) is 13.8 Å². The first-order valence-corrected chi connectivity index (χ1v) is 6.34. The lowest BCUT2D eigenvalue weighted by Crippen LogP contribution is -2.30. The molecule has 1 rings (SSSR count). The molecule has 0 aliphatic carbocycles. The Balaban J connectivity index is 3.05. The van der Waals surface area contributed by atoms with Gasteiger partial charge in [-0.2, -0.15) is 0 Å². The summed E-state index contributed by atoms with van der Waals surface area (Å²) in [5.74, 6) is 0.182. The summed E-state index contributed by atoms with van der Waals surface area (Å²) in [6.07, 6.45) is 0. The van der Waals surface area contributed by atoms with Gasteiger partial charge in [-0.1, -0.05) is 11.6 Å². The van der Waals surface area contributed by atoms with Crippen molar-refractivity contribution < 1.29 is 4.79 Å². The molecule has 0 fully saturated rings. The highest BCUT2D eigenvalue weighted by Crippen LogP contribution is 2.22. The second-order valence-corrected chi connectivity index (χ2v) is 4.70. The van der Waals surface area contributed by atoms with Crippen LogP contribution < -0.4 is 11.1 Å². The first-order valence-electron chi connectivity index (χ1n) is 5.43. The van der Waals surface area contributed by atoms with Crippen LogP contribution in [0.4, 0.5) is 5.69 Å². The number of aliphatic imine (C=N–C) groups is 1. The highest BCUT2D eigenvalue weighted by molar-refractivity contribution is 6.34. The van der Waals surface area contributed by atoms with Gasteiger partial charge in [0.2, 0.25) is 0 Å². The molecule has 4 nitrogen and oxygen atoms in total. The molecule has 1 aromatic rings. The maximum atomic E-state index is 11.9. The lowest BCUT2D eigenvalue weighted by Gasteiger charge is -2.10. The van der Waals surface area contributed by atoms with E-state index in [2.05, 4.69) is 10.3 Å². The lowest BCUT2D eigenvalue weighted by atomic mass is 10.1. The lowest BCUT2D eigenvalue weighted by molar-refractivity contribution is 0.0943. The van der Waals surface area contributed by atoms with E-state index >= 15 is 0 Å². The topological polar surface area (TPSA) is 67.5 Å². The summed E-state index contributed by atoms with van der Waals surface area (Å²) in [5.41, 5.74) is 6.45. The maximum absolute atomic E-state index is 11.9. The molecular formula is C12H15Cl2N3O. The van der Waals surface area contributed by atoms with Gasteiger partial charge in [0.25, 0.3) is 5.91 Å². The Labute approximate surface area is 116 Å². The summed E-state index contributed by atoms with van der Waals surface area (Å²) in [6.45, 7) is 3.75. The van der Waals surface area contributed by atoms with E-state index in [4.69, 9.17) is 28.9 Å². The smallest absolute Gasteiger partial charge is 0.253 e. The summed E-state index contributed by atoms with van der Waals surface area (Å²) in [4.78, 5) is 15.9. The molecular weight excluding hydrogens is 273 g/mol. The molecule has 0 heterocycles. The fourth-order valence-corrected chi connectivity index (χ4v) is 1.56. The molecule has 0 aliphatic rings. The molecule has 0 saturated carbocycles. The Hall–Kier alpha value is -1.26. The molecule has 0 saturated heterocycles. The van der Waals surface area contributed by atoms with Crippen LogP contribution in [0.1, 0.15) is 24.2 Å². The van der Waals surface area contributed by atoms with E-state index in [0.29, 0.717) is 16.3 Å². The van der Waals surface area contributed by atoms with Gasteiger partial charge in [-0.15, -0.1) is 11.6 Å². The number of amidine groups is 1. The third kappa shape index (κ3) is 4.20. The van der Waals surface area contributed by atoms with Crippen LogP contribution in [0.3, 0.4) is 0 Å². The van der Waals surface area contributed by atoms with Crippen LogP contribution in [-0.4, -0.2) is 23.7 Å². The van der Waals surface area contributed by atoms with Crippen molar-refractivity contribution in [1.29, 1.82) is 0 Å². The summed E-state index contributed by atoms with van der Waals surface area (Å²) >= 11 is 11.5. The van der Waals surface area contributed by atoms with Crippen molar-refractivity contribution in [2.24, 2.45) is 10.7 Å². The van der Waals surface area contributed by atoms with Crippen LogP contribution in [0, 0.1) is 0 Å². The first-order chi connectivity index (χ1) is 8.43. The predicted molar refractivity (Wildman–Crippen MR) is 76.1 cm³/mol. The highest BCUT2D eigenvalue weighted by Gasteiger charge is 2.12. The molecule has 0 aromatic heterocycles. The van der Waals surface area contributed by atoms with Gasteiger partial charge < -0.3 is 11.1 Å². The third-order valence-electron chi connectivity index (χ3n) is 2.02. The van der Waals surface area contributed by atoms with E-state index in [1.165, 1.54) is 0 Å². The largest absolute Gasteiger partial charge is 0.386 e. The van der Waals surface area contributed by atoms with Gasteiger partial charge in [0, 0.05) is 6.04 Å². The van der Waals surface area contributed by atoms with Crippen LogP contribution >= 0.6 is 23.2 Å². The van der Waals surface area contributed by atoms with Gasteiger partial charge in [0.05, 0.1) is 22.2 Å². The van der Waals surface area contributed by atoms with Crippen molar-refractivity contribution in [2.45, 2.75) is 19.9 Å². The fourth-order valence-electron chi connectivity index (χ4n) is 1.29. The van der Waals surface area contributed by atoms with E-state index in [-0.39, 0.29) is 23.7 Å². The number of halogens is 2. The average Bonchev–Trinajstić information content (AvgIpc) is 2.30. The first kappa shape index (κ1) is 14.8. The monoisotopic (exact) mass is 287 g/mol. The number of hydrogen-bond donors (Lipinski definition) is 2. The van der Waals surface area contributed by atoms with Crippen LogP contribution in [-0.2, 0) is 0 Å². The number of nitrogens with two attached hydrogens (primary N) is 1. The number of hydrogen-bond acceptors (Lipinski definition) is 2. The summed E-state index contributed by atoms with van der Waals surface area (Å²) in [5, 5.41) is 3.14. The molecule has 0 spiro atoms. The number of amides is 1. The molecule has 0 atom stereocenters. The summed E-state index contributed by atoms with van der Waals surface area (Å²) in [6, 6.07) is 4.90. The molecule has 1 amide bonds. The van der Waals surface area contributed by atoms with Gasteiger partial charge in [0.1, 0.15) is 5.84 Å². The highest BCUT2D eigenvalue weighted by atomic mass is 35.5. The normalized spacial score (nSPS) is 11.7. The Morgan fingerprint density at radius 2 is 2.17 bits per heavy atom. The van der Waals surface area contributed by atoms with E-state index in [1.54, 1.807) is 18.2 Å². The van der Waals surface area contributed by atoms with Crippen molar-refractivity contribution in [3.63, 3.8) is 0 Å². The molecule has 0 radical (unpaired) electrons. The van der Waals surface area contributed by atoms with Crippen molar-refractivity contribution in [3.8, 4) is 0 Å². The number of carbonyl (C=O) groups is 1. The number of rotatable bonds is 4. The molecule has 0 unspecified atom stereocenters. The van der Waals surface area contributed by atoms with Gasteiger partial charge in [-0.3, -0.25) is 4.79 Å². The molecule has 1 aromatic carbocycles. The standard InChI is InChI=1S/C12H15Cl2N3O/c1-7(2)16-12(18)9-5-8(3-4-10(9)14)17-11(15)6-13/h3-5,7H,6H2,1-2H3,(H2,15,17)(H,16,18). The van der Waals surface area contributed by atoms with Gasteiger partial charge in [0.15, 0.2) is 0 Å².